The smallest absolute Gasteiger partial charge is 0.349 e. The highest BCUT2D eigenvalue weighted by Gasteiger charge is 2.24. The van der Waals surface area contributed by atoms with Gasteiger partial charge in [0.2, 0.25) is 10.0 Å². The predicted octanol–water partition coefficient (Wildman–Crippen LogP) is 2.01. The molecule has 0 fully saturated rings. The molecule has 1 aromatic heterocycles. The van der Waals surface area contributed by atoms with E-state index in [1.54, 1.807) is 5.38 Å². The lowest BCUT2D eigenvalue weighted by Crippen LogP contribution is -2.24. The number of carbonyl (C=O) groups excluding carboxylic acids is 1. The maximum absolute atomic E-state index is 12.2. The maximum Gasteiger partial charge on any atom is 0.349 e. The highest BCUT2D eigenvalue weighted by molar-refractivity contribution is 7.89. The summed E-state index contributed by atoms with van der Waals surface area (Å²) < 4.78 is 31.4. The minimum absolute atomic E-state index is 0.0507. The molecule has 1 heterocycles. The second-order valence-electron chi connectivity index (χ2n) is 3.92. The van der Waals surface area contributed by atoms with Crippen molar-refractivity contribution in [2.45, 2.75) is 11.4 Å². The third-order valence-corrected chi connectivity index (χ3v) is 5.07. The summed E-state index contributed by atoms with van der Waals surface area (Å²) in [5.41, 5.74) is 0.839. The molecular formula is C13H13NO4S2. The SMILES string of the molecule is COC(=O)c1sccc1S(=O)(=O)NCc1ccccc1. The fourth-order valence-electron chi connectivity index (χ4n) is 1.60. The first-order chi connectivity index (χ1) is 9.54. The number of benzene rings is 1. The summed E-state index contributed by atoms with van der Waals surface area (Å²) in [6.45, 7) is 0.166. The summed E-state index contributed by atoms with van der Waals surface area (Å²) in [6, 6.07) is 10.5. The van der Waals surface area contributed by atoms with Crippen LogP contribution in [-0.2, 0) is 21.3 Å². The van der Waals surface area contributed by atoms with Crippen LogP contribution in [0.2, 0.25) is 0 Å². The number of sulfonamides is 1. The highest BCUT2D eigenvalue weighted by atomic mass is 32.2. The molecule has 7 heteroatoms. The normalized spacial score (nSPS) is 11.2. The molecule has 0 saturated heterocycles. The quantitative estimate of drug-likeness (QED) is 0.857. The Kier molecular flexibility index (Phi) is 4.53. The van der Waals surface area contributed by atoms with Crippen molar-refractivity contribution in [2.75, 3.05) is 7.11 Å². The molecule has 0 aliphatic rings. The second-order valence-corrected chi connectivity index (χ2v) is 6.57. The van der Waals surface area contributed by atoms with Crippen LogP contribution >= 0.6 is 11.3 Å². The number of hydrogen-bond donors (Lipinski definition) is 1. The van der Waals surface area contributed by atoms with Crippen molar-refractivity contribution < 1.29 is 17.9 Å². The van der Waals surface area contributed by atoms with Gasteiger partial charge in [-0.25, -0.2) is 17.9 Å². The number of carbonyl (C=O) groups is 1. The molecule has 1 N–H and O–H groups in total. The molecule has 0 aliphatic heterocycles. The third-order valence-electron chi connectivity index (χ3n) is 2.60. The van der Waals surface area contributed by atoms with Gasteiger partial charge in [-0.3, -0.25) is 0 Å². The van der Waals surface area contributed by atoms with Gasteiger partial charge in [0.1, 0.15) is 9.77 Å². The lowest BCUT2D eigenvalue weighted by atomic mass is 10.2. The van der Waals surface area contributed by atoms with Gasteiger partial charge in [0.25, 0.3) is 0 Å². The number of hydrogen-bond acceptors (Lipinski definition) is 5. The summed E-state index contributed by atoms with van der Waals surface area (Å²) in [5, 5.41) is 1.54. The Bertz CT molecular complexity index is 692. The Morgan fingerprint density at radius 2 is 1.95 bits per heavy atom. The molecule has 0 saturated carbocycles. The van der Waals surface area contributed by atoms with Crippen molar-refractivity contribution in [1.82, 2.24) is 4.72 Å². The van der Waals surface area contributed by atoms with Gasteiger partial charge in [-0.15, -0.1) is 11.3 Å². The van der Waals surface area contributed by atoms with Crippen LogP contribution in [0.4, 0.5) is 0 Å². The molecule has 106 valence electrons. The first-order valence-corrected chi connectivity index (χ1v) is 8.10. The van der Waals surface area contributed by atoms with E-state index in [1.165, 1.54) is 13.2 Å². The van der Waals surface area contributed by atoms with E-state index in [2.05, 4.69) is 9.46 Å². The van der Waals surface area contributed by atoms with Crippen molar-refractivity contribution >= 4 is 27.3 Å². The lowest BCUT2D eigenvalue weighted by Gasteiger charge is -2.07. The van der Waals surface area contributed by atoms with Crippen LogP contribution in [0.3, 0.4) is 0 Å². The van der Waals surface area contributed by atoms with Crippen LogP contribution in [0, 0.1) is 0 Å². The van der Waals surface area contributed by atoms with Crippen LogP contribution in [0.25, 0.3) is 0 Å². The largest absolute Gasteiger partial charge is 0.465 e. The van der Waals surface area contributed by atoms with Crippen LogP contribution < -0.4 is 4.72 Å². The van der Waals surface area contributed by atoms with Crippen LogP contribution in [0.5, 0.6) is 0 Å². The van der Waals surface area contributed by atoms with Gasteiger partial charge in [0.15, 0.2) is 0 Å². The van der Waals surface area contributed by atoms with Crippen molar-refractivity contribution in [2.24, 2.45) is 0 Å². The average molecular weight is 311 g/mol. The molecule has 0 radical (unpaired) electrons. The van der Waals surface area contributed by atoms with E-state index < -0.39 is 16.0 Å². The molecule has 0 bridgehead atoms. The van der Waals surface area contributed by atoms with E-state index >= 15 is 0 Å². The molecule has 1 aromatic carbocycles. The summed E-state index contributed by atoms with van der Waals surface area (Å²) in [7, 11) is -2.52. The Labute approximate surface area is 121 Å². The zero-order valence-electron chi connectivity index (χ0n) is 10.7. The van der Waals surface area contributed by atoms with Crippen molar-refractivity contribution in [3.05, 3.63) is 52.2 Å². The summed E-state index contributed by atoms with van der Waals surface area (Å²) in [6.07, 6.45) is 0. The first-order valence-electron chi connectivity index (χ1n) is 5.74. The fourth-order valence-corrected chi connectivity index (χ4v) is 3.95. The standard InChI is InChI=1S/C13H13NO4S2/c1-18-13(15)12-11(7-8-19-12)20(16,17)14-9-10-5-3-2-4-6-10/h2-8,14H,9H2,1H3. The summed E-state index contributed by atoms with van der Waals surface area (Å²) in [5.74, 6) is -0.653. The van der Waals surface area contributed by atoms with Gasteiger partial charge < -0.3 is 4.74 Å². The van der Waals surface area contributed by atoms with Gasteiger partial charge in [-0.1, -0.05) is 30.3 Å². The molecule has 0 amide bonds. The molecule has 0 aliphatic carbocycles. The highest BCUT2D eigenvalue weighted by Crippen LogP contribution is 2.22. The number of esters is 1. The fraction of sp³-hybridized carbons (Fsp3) is 0.154. The number of thiophene rings is 1. The molecule has 0 atom stereocenters. The number of rotatable bonds is 5. The predicted molar refractivity (Wildman–Crippen MR) is 76.1 cm³/mol. The van der Waals surface area contributed by atoms with Gasteiger partial charge in [-0.2, -0.15) is 0 Å². The van der Waals surface area contributed by atoms with E-state index in [1.807, 2.05) is 30.3 Å². The van der Waals surface area contributed by atoms with Gasteiger partial charge in [0.05, 0.1) is 7.11 Å². The minimum atomic E-state index is -3.74. The topological polar surface area (TPSA) is 72.5 Å². The van der Waals surface area contributed by atoms with Crippen molar-refractivity contribution in [3.8, 4) is 0 Å². The van der Waals surface area contributed by atoms with E-state index in [0.717, 1.165) is 16.9 Å². The molecule has 2 aromatic rings. The maximum atomic E-state index is 12.2. The Balaban J connectivity index is 2.19. The molecule has 0 spiro atoms. The van der Waals surface area contributed by atoms with Crippen LogP contribution in [0.15, 0.2) is 46.7 Å². The van der Waals surface area contributed by atoms with E-state index in [0.29, 0.717) is 0 Å². The van der Waals surface area contributed by atoms with Crippen LogP contribution in [-0.4, -0.2) is 21.5 Å². The minimum Gasteiger partial charge on any atom is -0.465 e. The zero-order chi connectivity index (χ0) is 14.6. The first kappa shape index (κ1) is 14.7. The Morgan fingerprint density at radius 3 is 2.60 bits per heavy atom. The van der Waals surface area contributed by atoms with Crippen LogP contribution in [0.1, 0.15) is 15.2 Å². The van der Waals surface area contributed by atoms with Crippen molar-refractivity contribution in [1.29, 1.82) is 0 Å². The monoisotopic (exact) mass is 311 g/mol. The molecule has 5 nitrogen and oxygen atoms in total. The van der Waals surface area contributed by atoms with E-state index in [4.69, 9.17) is 0 Å². The van der Waals surface area contributed by atoms with Gasteiger partial charge in [-0.05, 0) is 17.0 Å². The summed E-state index contributed by atoms with van der Waals surface area (Å²) in [4.78, 5) is 11.5. The third kappa shape index (κ3) is 3.24. The molecular weight excluding hydrogens is 298 g/mol. The van der Waals surface area contributed by atoms with E-state index in [-0.39, 0.29) is 16.3 Å². The number of methoxy groups -OCH3 is 1. The summed E-state index contributed by atoms with van der Waals surface area (Å²) >= 11 is 1.04. The number of ether oxygens (including phenoxy) is 1. The molecule has 0 unspecified atom stereocenters. The van der Waals surface area contributed by atoms with Gasteiger partial charge >= 0.3 is 5.97 Å². The average Bonchev–Trinajstić information content (AvgIpc) is 2.96. The number of nitrogens with one attached hydrogen (secondary N) is 1. The van der Waals surface area contributed by atoms with Gasteiger partial charge in [0, 0.05) is 6.54 Å². The second kappa shape index (κ2) is 6.17. The zero-order valence-corrected chi connectivity index (χ0v) is 12.3. The van der Waals surface area contributed by atoms with Crippen molar-refractivity contribution in [3.63, 3.8) is 0 Å². The Morgan fingerprint density at radius 1 is 1.25 bits per heavy atom. The lowest BCUT2D eigenvalue weighted by molar-refractivity contribution is 0.0602. The molecule has 20 heavy (non-hydrogen) atoms. The van der Waals surface area contributed by atoms with E-state index in [9.17, 15) is 13.2 Å². The molecule has 2 rings (SSSR count). The Hall–Kier alpha value is -1.70.